The fraction of sp³-hybridized carbons (Fsp3) is 0.222. The zero-order valence-corrected chi connectivity index (χ0v) is 7.70. The van der Waals surface area contributed by atoms with Gasteiger partial charge >= 0.3 is 0 Å². The first kappa shape index (κ1) is 10.2. The summed E-state index contributed by atoms with van der Waals surface area (Å²) in [6.45, 7) is 0.242. The molecule has 0 aromatic heterocycles. The van der Waals surface area contributed by atoms with Crippen LogP contribution in [0.1, 0.15) is 5.56 Å². The van der Waals surface area contributed by atoms with Crippen molar-refractivity contribution in [1.29, 1.82) is 0 Å². The predicted molar refractivity (Wildman–Crippen MR) is 51.7 cm³/mol. The first-order valence-electron chi connectivity index (χ1n) is 3.79. The lowest BCUT2D eigenvalue weighted by Gasteiger charge is -2.02. The lowest BCUT2D eigenvalue weighted by molar-refractivity contribution is 0.576. The fourth-order valence-electron chi connectivity index (χ4n) is 0.950. The van der Waals surface area contributed by atoms with Crippen LogP contribution in [-0.2, 0) is 6.42 Å². The van der Waals surface area contributed by atoms with Crippen molar-refractivity contribution in [3.8, 4) is 0 Å². The highest BCUT2D eigenvalue weighted by molar-refractivity contribution is 7.80. The molecule has 0 unspecified atom stereocenters. The summed E-state index contributed by atoms with van der Waals surface area (Å²) in [7, 11) is 0. The lowest BCUT2D eigenvalue weighted by atomic mass is 10.1. The second-order valence-electron chi connectivity index (χ2n) is 2.66. The van der Waals surface area contributed by atoms with Gasteiger partial charge in [0, 0.05) is 23.9 Å². The largest absolute Gasteiger partial charge is 0.326 e. The van der Waals surface area contributed by atoms with Gasteiger partial charge in [0.15, 0.2) is 0 Å². The summed E-state index contributed by atoms with van der Waals surface area (Å²) in [6, 6.07) is 3.43. The minimum absolute atomic E-state index is 0.242. The van der Waals surface area contributed by atoms with Crippen molar-refractivity contribution in [2.24, 2.45) is 5.73 Å². The summed E-state index contributed by atoms with van der Waals surface area (Å²) in [6.07, 6.45) is 0.290. The molecule has 0 spiro atoms. The third-order valence-corrected chi connectivity index (χ3v) is 1.94. The maximum absolute atomic E-state index is 13.0. The first-order valence-corrected chi connectivity index (χ1v) is 4.20. The molecule has 0 bridgehead atoms. The molecule has 0 fully saturated rings. The summed E-state index contributed by atoms with van der Waals surface area (Å²) in [5, 5.41) is 0. The molecular formula is C9H9F2NS. The quantitative estimate of drug-likeness (QED) is 0.755. The highest BCUT2D eigenvalue weighted by atomic mass is 32.1. The highest BCUT2D eigenvalue weighted by Crippen LogP contribution is 2.10. The molecule has 0 radical (unpaired) electrons. The Morgan fingerprint density at radius 2 is 2.08 bits per heavy atom. The minimum Gasteiger partial charge on any atom is -0.326 e. The van der Waals surface area contributed by atoms with Crippen molar-refractivity contribution >= 4 is 17.1 Å². The second kappa shape index (κ2) is 4.39. The van der Waals surface area contributed by atoms with Crippen molar-refractivity contribution in [3.05, 3.63) is 35.4 Å². The Morgan fingerprint density at radius 3 is 2.62 bits per heavy atom. The van der Waals surface area contributed by atoms with Gasteiger partial charge in [0.1, 0.15) is 11.6 Å². The molecule has 0 amide bonds. The number of hydrogen-bond donors (Lipinski definition) is 1. The average Bonchev–Trinajstić information content (AvgIpc) is 2.09. The van der Waals surface area contributed by atoms with E-state index in [0.717, 1.165) is 6.07 Å². The van der Waals surface area contributed by atoms with E-state index in [9.17, 15) is 8.78 Å². The molecule has 70 valence electrons. The third kappa shape index (κ3) is 2.82. The minimum atomic E-state index is -0.583. The Labute approximate surface area is 80.6 Å². The molecule has 1 nitrogen and oxygen atoms in total. The van der Waals surface area contributed by atoms with Crippen LogP contribution in [0.5, 0.6) is 0 Å². The molecule has 0 aliphatic heterocycles. The number of nitrogens with two attached hydrogens (primary N) is 1. The SMILES string of the molecule is NCC(=S)Cc1ccc(F)cc1F. The number of thiocarbonyl (C=S) groups is 1. The van der Waals surface area contributed by atoms with Crippen LogP contribution in [0.3, 0.4) is 0 Å². The van der Waals surface area contributed by atoms with Gasteiger partial charge in [-0.1, -0.05) is 18.3 Å². The average molecular weight is 201 g/mol. The molecule has 0 heterocycles. The highest BCUT2D eigenvalue weighted by Gasteiger charge is 2.05. The van der Waals surface area contributed by atoms with Crippen molar-refractivity contribution in [1.82, 2.24) is 0 Å². The zero-order valence-electron chi connectivity index (χ0n) is 6.89. The molecule has 2 N–H and O–H groups in total. The second-order valence-corrected chi connectivity index (χ2v) is 3.23. The fourth-order valence-corrected chi connectivity index (χ4v) is 1.11. The number of hydrogen-bond acceptors (Lipinski definition) is 2. The standard InChI is InChI=1S/C9H9F2NS/c10-7-2-1-6(9(11)4-7)3-8(13)5-12/h1-2,4H,3,5,12H2. The molecule has 0 atom stereocenters. The van der Waals surface area contributed by atoms with Gasteiger partial charge in [-0.3, -0.25) is 0 Å². The Kier molecular flexibility index (Phi) is 3.45. The van der Waals surface area contributed by atoms with E-state index < -0.39 is 11.6 Å². The Hall–Kier alpha value is -0.870. The van der Waals surface area contributed by atoms with Crippen molar-refractivity contribution in [2.75, 3.05) is 6.54 Å². The van der Waals surface area contributed by atoms with Gasteiger partial charge in [0.05, 0.1) is 0 Å². The van der Waals surface area contributed by atoms with Gasteiger partial charge in [-0.05, 0) is 11.6 Å². The van der Waals surface area contributed by atoms with Crippen LogP contribution in [0.15, 0.2) is 18.2 Å². The van der Waals surface area contributed by atoms with Crippen molar-refractivity contribution < 1.29 is 8.78 Å². The van der Waals surface area contributed by atoms with Crippen LogP contribution in [0.25, 0.3) is 0 Å². The maximum Gasteiger partial charge on any atom is 0.129 e. The number of halogens is 2. The normalized spacial score (nSPS) is 10.1. The molecule has 1 aromatic rings. The van der Waals surface area contributed by atoms with E-state index in [0.29, 0.717) is 10.4 Å². The Balaban J connectivity index is 2.83. The van der Waals surface area contributed by atoms with E-state index in [2.05, 4.69) is 0 Å². The summed E-state index contributed by atoms with van der Waals surface area (Å²) in [4.78, 5) is 0.561. The molecule has 1 rings (SSSR count). The zero-order chi connectivity index (χ0) is 9.84. The van der Waals surface area contributed by atoms with Crippen LogP contribution >= 0.6 is 12.2 Å². The monoisotopic (exact) mass is 201 g/mol. The van der Waals surface area contributed by atoms with Gasteiger partial charge in [-0.2, -0.15) is 0 Å². The molecule has 0 aliphatic rings. The summed E-state index contributed by atoms with van der Waals surface area (Å²) >= 11 is 4.84. The van der Waals surface area contributed by atoms with Crippen LogP contribution in [-0.4, -0.2) is 11.4 Å². The van der Waals surface area contributed by atoms with Gasteiger partial charge in [-0.25, -0.2) is 8.78 Å². The van der Waals surface area contributed by atoms with E-state index in [1.165, 1.54) is 12.1 Å². The molecule has 13 heavy (non-hydrogen) atoms. The summed E-state index contributed by atoms with van der Waals surface area (Å²) in [5.74, 6) is -1.16. The molecule has 0 aliphatic carbocycles. The van der Waals surface area contributed by atoms with E-state index in [1.54, 1.807) is 0 Å². The third-order valence-electron chi connectivity index (χ3n) is 1.63. The maximum atomic E-state index is 13.0. The van der Waals surface area contributed by atoms with Crippen LogP contribution in [0.2, 0.25) is 0 Å². The first-order chi connectivity index (χ1) is 6.13. The van der Waals surface area contributed by atoms with E-state index >= 15 is 0 Å². The predicted octanol–water partition coefficient (Wildman–Crippen LogP) is 1.84. The van der Waals surface area contributed by atoms with Crippen LogP contribution in [0, 0.1) is 11.6 Å². The summed E-state index contributed by atoms with van der Waals surface area (Å²) < 4.78 is 25.5. The smallest absolute Gasteiger partial charge is 0.129 e. The lowest BCUT2D eigenvalue weighted by Crippen LogP contribution is -2.14. The Morgan fingerprint density at radius 1 is 1.38 bits per heavy atom. The number of rotatable bonds is 3. The molecule has 1 aromatic carbocycles. The van der Waals surface area contributed by atoms with Crippen molar-refractivity contribution in [2.45, 2.75) is 6.42 Å². The van der Waals surface area contributed by atoms with Crippen LogP contribution < -0.4 is 5.73 Å². The Bertz CT molecular complexity index is 325. The summed E-state index contributed by atoms with van der Waals surface area (Å²) in [5.41, 5.74) is 5.65. The molecule has 4 heteroatoms. The van der Waals surface area contributed by atoms with Gasteiger partial charge in [-0.15, -0.1) is 0 Å². The van der Waals surface area contributed by atoms with E-state index in [-0.39, 0.29) is 13.0 Å². The van der Waals surface area contributed by atoms with Gasteiger partial charge in [0.2, 0.25) is 0 Å². The van der Waals surface area contributed by atoms with Crippen LogP contribution in [0.4, 0.5) is 8.78 Å². The molecule has 0 saturated heterocycles. The van der Waals surface area contributed by atoms with Gasteiger partial charge in [0.25, 0.3) is 0 Å². The van der Waals surface area contributed by atoms with Gasteiger partial charge < -0.3 is 5.73 Å². The van der Waals surface area contributed by atoms with Crippen molar-refractivity contribution in [3.63, 3.8) is 0 Å². The van der Waals surface area contributed by atoms with E-state index in [1.807, 2.05) is 0 Å². The van der Waals surface area contributed by atoms with E-state index in [4.69, 9.17) is 18.0 Å². The molecule has 0 saturated carbocycles. The topological polar surface area (TPSA) is 26.0 Å². The number of benzene rings is 1. The molecular weight excluding hydrogens is 192 g/mol.